The average molecular weight is 787 g/mol. The summed E-state index contributed by atoms with van der Waals surface area (Å²) in [4.78, 5) is 14.4. The molecular weight excluding hydrogens is 737 g/mol. The molecule has 286 valence electrons. The molecule has 2 aromatic heterocycles. The first kappa shape index (κ1) is 38.5. The van der Waals surface area contributed by atoms with Crippen LogP contribution < -0.4 is 20.2 Å². The van der Waals surface area contributed by atoms with Gasteiger partial charge in [-0.15, -0.1) is 0 Å². The van der Waals surface area contributed by atoms with Crippen LogP contribution in [0.4, 0.5) is 34.1 Å². The van der Waals surface area contributed by atoms with Crippen LogP contribution in [-0.4, -0.2) is 26.1 Å². The molecule has 0 aliphatic carbocycles. The molecule has 58 heavy (non-hydrogen) atoms. The Morgan fingerprint density at radius 3 is 1.45 bits per heavy atom. The molecule has 8 aromatic rings. The SMILES string of the molecule is C[Si](C)(C)c1ccc(N(c2ccccc2)c2ccc(-c3ccc(C=Cc4ccc(N(c5ccccc5)c5ccc([Si](C)(C)C)cc5)c5ccccc45)nc3)nc2)cc1. The van der Waals surface area contributed by atoms with Crippen LogP contribution in [0, 0.1) is 0 Å². The second kappa shape index (κ2) is 16.3. The lowest BCUT2D eigenvalue weighted by molar-refractivity contribution is 1.22. The zero-order valence-corrected chi connectivity index (χ0v) is 36.3. The predicted molar refractivity (Wildman–Crippen MR) is 256 cm³/mol. The molecule has 0 fully saturated rings. The van der Waals surface area contributed by atoms with Crippen molar-refractivity contribution in [3.8, 4) is 11.3 Å². The second-order valence-electron chi connectivity index (χ2n) is 16.9. The van der Waals surface area contributed by atoms with Gasteiger partial charge in [0.25, 0.3) is 0 Å². The maximum Gasteiger partial charge on any atom is 0.0775 e. The van der Waals surface area contributed by atoms with Crippen molar-refractivity contribution in [2.75, 3.05) is 9.80 Å². The first-order valence-electron chi connectivity index (χ1n) is 20.1. The van der Waals surface area contributed by atoms with Crippen molar-refractivity contribution in [3.63, 3.8) is 0 Å². The van der Waals surface area contributed by atoms with Crippen LogP contribution in [0.2, 0.25) is 39.3 Å². The zero-order valence-electron chi connectivity index (χ0n) is 34.3. The van der Waals surface area contributed by atoms with E-state index in [-0.39, 0.29) is 0 Å². The molecule has 0 N–H and O–H groups in total. The summed E-state index contributed by atoms with van der Waals surface area (Å²) in [6, 6.07) is 60.9. The Kier molecular flexibility index (Phi) is 10.8. The predicted octanol–water partition coefficient (Wildman–Crippen LogP) is 13.5. The summed E-state index contributed by atoms with van der Waals surface area (Å²) in [5.74, 6) is 0. The highest BCUT2D eigenvalue weighted by atomic mass is 28.3. The van der Waals surface area contributed by atoms with Crippen molar-refractivity contribution in [3.05, 3.63) is 194 Å². The van der Waals surface area contributed by atoms with E-state index in [1.807, 2.05) is 12.4 Å². The molecule has 0 saturated heterocycles. The van der Waals surface area contributed by atoms with Gasteiger partial charge in [0.15, 0.2) is 0 Å². The second-order valence-corrected chi connectivity index (χ2v) is 27.0. The Labute approximate surface area is 345 Å². The first-order chi connectivity index (χ1) is 28.0. The highest BCUT2D eigenvalue weighted by Gasteiger charge is 2.21. The van der Waals surface area contributed by atoms with Crippen LogP contribution in [0.3, 0.4) is 0 Å². The number of rotatable bonds is 11. The number of nitrogens with zero attached hydrogens (tertiary/aromatic N) is 4. The molecule has 2 heterocycles. The molecule has 0 spiro atoms. The number of anilines is 6. The molecule has 0 atom stereocenters. The number of aromatic nitrogens is 2. The molecule has 4 nitrogen and oxygen atoms in total. The van der Waals surface area contributed by atoms with Gasteiger partial charge in [-0.1, -0.05) is 147 Å². The van der Waals surface area contributed by atoms with Gasteiger partial charge in [-0.2, -0.15) is 0 Å². The fourth-order valence-electron chi connectivity index (χ4n) is 7.42. The minimum Gasteiger partial charge on any atom is -0.310 e. The Bertz CT molecular complexity index is 2650. The third-order valence-corrected chi connectivity index (χ3v) is 14.8. The Morgan fingerprint density at radius 1 is 0.397 bits per heavy atom. The van der Waals surface area contributed by atoms with E-state index < -0.39 is 16.1 Å². The number of para-hydroxylation sites is 2. The summed E-state index contributed by atoms with van der Waals surface area (Å²) < 4.78 is 0. The third-order valence-electron chi connectivity index (χ3n) is 10.7. The van der Waals surface area contributed by atoms with E-state index in [1.165, 1.54) is 21.1 Å². The van der Waals surface area contributed by atoms with Crippen LogP contribution in [0.5, 0.6) is 0 Å². The van der Waals surface area contributed by atoms with Gasteiger partial charge in [0.05, 0.1) is 45.1 Å². The summed E-state index contributed by atoms with van der Waals surface area (Å²) in [6.45, 7) is 14.3. The van der Waals surface area contributed by atoms with Crippen molar-refractivity contribution in [2.45, 2.75) is 39.3 Å². The Hall–Kier alpha value is -6.35. The lowest BCUT2D eigenvalue weighted by atomic mass is 10.0. The standard InChI is InChI=1S/C52H50N4Si2/c1-57(2,3)47-31-26-44(27-32-47)55(42-15-9-7-10-16-42)46-30-35-51(54-38-46)40-22-25-41(53-37-40)24-21-39-23-36-52(50-20-14-13-19-49(39)50)56(43-17-11-8-12-18-43)45-28-33-48(34-29-45)58(4,5)6/h7-38H,1-6H3. The molecule has 0 unspecified atom stereocenters. The van der Waals surface area contributed by atoms with Crippen LogP contribution in [0.1, 0.15) is 11.3 Å². The van der Waals surface area contributed by atoms with Gasteiger partial charge in [-0.05, 0) is 95.9 Å². The molecule has 0 aliphatic rings. The smallest absolute Gasteiger partial charge is 0.0775 e. The highest BCUT2D eigenvalue weighted by molar-refractivity contribution is 6.89. The average Bonchev–Trinajstić information content (AvgIpc) is 3.24. The number of hydrogen-bond acceptors (Lipinski definition) is 4. The molecule has 6 heteroatoms. The van der Waals surface area contributed by atoms with Crippen molar-refractivity contribution in [1.29, 1.82) is 0 Å². The van der Waals surface area contributed by atoms with Crippen LogP contribution in [-0.2, 0) is 0 Å². The van der Waals surface area contributed by atoms with E-state index in [0.717, 1.165) is 56.6 Å². The van der Waals surface area contributed by atoms with Gasteiger partial charge in [0, 0.05) is 39.9 Å². The van der Waals surface area contributed by atoms with E-state index in [1.54, 1.807) is 0 Å². The lowest BCUT2D eigenvalue weighted by Gasteiger charge is -2.28. The summed E-state index contributed by atoms with van der Waals surface area (Å²) in [5.41, 5.74) is 10.5. The summed E-state index contributed by atoms with van der Waals surface area (Å²) in [6.07, 6.45) is 8.14. The molecule has 0 bridgehead atoms. The summed E-state index contributed by atoms with van der Waals surface area (Å²) in [5, 5.41) is 5.28. The molecule has 6 aromatic carbocycles. The van der Waals surface area contributed by atoms with Gasteiger partial charge in [0.1, 0.15) is 0 Å². The Balaban J connectivity index is 1.05. The largest absolute Gasteiger partial charge is 0.310 e. The quantitative estimate of drug-likeness (QED) is 0.122. The number of benzene rings is 6. The van der Waals surface area contributed by atoms with Crippen LogP contribution in [0.25, 0.3) is 34.2 Å². The fourth-order valence-corrected chi connectivity index (χ4v) is 9.75. The number of pyridine rings is 2. The van der Waals surface area contributed by atoms with E-state index >= 15 is 0 Å². The van der Waals surface area contributed by atoms with Crippen molar-refractivity contribution in [2.24, 2.45) is 0 Å². The van der Waals surface area contributed by atoms with Gasteiger partial charge in [0.2, 0.25) is 0 Å². The first-order valence-corrected chi connectivity index (χ1v) is 27.1. The van der Waals surface area contributed by atoms with Crippen LogP contribution >= 0.6 is 0 Å². The summed E-state index contributed by atoms with van der Waals surface area (Å²) in [7, 11) is -2.83. The van der Waals surface area contributed by atoms with Gasteiger partial charge < -0.3 is 9.80 Å². The van der Waals surface area contributed by atoms with Gasteiger partial charge >= 0.3 is 0 Å². The number of hydrogen-bond donors (Lipinski definition) is 0. The minimum absolute atomic E-state index is 0.883. The molecule has 8 rings (SSSR count). The molecule has 0 radical (unpaired) electrons. The lowest BCUT2D eigenvalue weighted by Crippen LogP contribution is -2.37. The van der Waals surface area contributed by atoms with Crippen molar-refractivity contribution in [1.82, 2.24) is 9.97 Å². The molecule has 0 aliphatic heterocycles. The third kappa shape index (κ3) is 8.35. The normalized spacial score (nSPS) is 11.9. The topological polar surface area (TPSA) is 32.3 Å². The van der Waals surface area contributed by atoms with Gasteiger partial charge in [-0.3, -0.25) is 9.97 Å². The molecule has 0 saturated carbocycles. The highest BCUT2D eigenvalue weighted by Crippen LogP contribution is 2.40. The maximum atomic E-state index is 4.92. The van der Waals surface area contributed by atoms with E-state index in [0.29, 0.717) is 0 Å². The van der Waals surface area contributed by atoms with Crippen LogP contribution in [0.15, 0.2) is 182 Å². The molecular formula is C52H50N4Si2. The Morgan fingerprint density at radius 2 is 0.914 bits per heavy atom. The fraction of sp³-hybridized carbons (Fsp3) is 0.115. The van der Waals surface area contributed by atoms with Crippen molar-refractivity contribution < 1.29 is 0 Å². The van der Waals surface area contributed by atoms with E-state index in [4.69, 9.17) is 9.97 Å². The zero-order chi connectivity index (χ0) is 40.3. The minimum atomic E-state index is -1.43. The van der Waals surface area contributed by atoms with Crippen molar-refractivity contribution >= 4 is 83.6 Å². The number of fused-ring (bicyclic) bond motifs is 1. The summed E-state index contributed by atoms with van der Waals surface area (Å²) >= 11 is 0. The monoisotopic (exact) mass is 786 g/mol. The molecule has 0 amide bonds. The van der Waals surface area contributed by atoms with E-state index in [9.17, 15) is 0 Å². The van der Waals surface area contributed by atoms with E-state index in [2.05, 4.69) is 231 Å². The van der Waals surface area contributed by atoms with Gasteiger partial charge in [-0.25, -0.2) is 0 Å². The maximum absolute atomic E-state index is 4.92.